The van der Waals surface area contributed by atoms with Gasteiger partial charge in [0, 0.05) is 18.7 Å². The fraction of sp³-hybridized carbons (Fsp3) is 0.444. The predicted molar refractivity (Wildman–Crippen MR) is 102 cm³/mol. The van der Waals surface area contributed by atoms with Gasteiger partial charge in [0.25, 0.3) is 5.56 Å². The van der Waals surface area contributed by atoms with Gasteiger partial charge in [-0.1, -0.05) is 6.07 Å². The Balaban J connectivity index is 2.14. The van der Waals surface area contributed by atoms with Crippen LogP contribution < -0.4 is 15.6 Å². The molecule has 2 N–H and O–H groups in total. The lowest BCUT2D eigenvalue weighted by molar-refractivity contribution is -0.113. The first-order valence-electron chi connectivity index (χ1n) is 8.37. The molecule has 0 aliphatic carbocycles. The van der Waals surface area contributed by atoms with E-state index in [1.54, 1.807) is 18.9 Å². The van der Waals surface area contributed by atoms with Crippen LogP contribution in [0, 0.1) is 0 Å². The van der Waals surface area contributed by atoms with Gasteiger partial charge < -0.3 is 14.8 Å². The summed E-state index contributed by atoms with van der Waals surface area (Å²) >= 11 is 1.44. The van der Waals surface area contributed by atoms with Crippen LogP contribution in [0.2, 0.25) is 0 Å². The molecule has 0 unspecified atom stereocenters. The van der Waals surface area contributed by atoms with Crippen molar-refractivity contribution >= 4 is 23.5 Å². The summed E-state index contributed by atoms with van der Waals surface area (Å²) in [5.41, 5.74) is 2.23. The number of nitrogens with one attached hydrogen (secondary N) is 2. The highest BCUT2D eigenvalue weighted by molar-refractivity contribution is 8.00. The summed E-state index contributed by atoms with van der Waals surface area (Å²) in [5, 5.41) is 5.47. The minimum Gasteiger partial charge on any atom is -0.496 e. The lowest BCUT2D eigenvalue weighted by Gasteiger charge is -2.17. The van der Waals surface area contributed by atoms with Gasteiger partial charge in [-0.15, -0.1) is 11.8 Å². The number of amides is 1. The van der Waals surface area contributed by atoms with E-state index in [9.17, 15) is 9.59 Å². The van der Waals surface area contributed by atoms with Gasteiger partial charge >= 0.3 is 0 Å². The fourth-order valence-electron chi connectivity index (χ4n) is 3.12. The van der Waals surface area contributed by atoms with Gasteiger partial charge in [-0.2, -0.15) is 0 Å². The molecule has 140 valence electrons. The van der Waals surface area contributed by atoms with Crippen LogP contribution >= 0.6 is 11.8 Å². The van der Waals surface area contributed by atoms with Gasteiger partial charge in [0.2, 0.25) is 5.91 Å². The molecule has 8 heteroatoms. The van der Waals surface area contributed by atoms with Crippen molar-refractivity contribution in [3.05, 3.63) is 45.2 Å². The van der Waals surface area contributed by atoms with Gasteiger partial charge in [0.1, 0.15) is 11.6 Å². The van der Waals surface area contributed by atoms with E-state index in [4.69, 9.17) is 9.47 Å². The second-order valence-corrected chi connectivity index (χ2v) is 7.50. The number of thioether (sulfide) groups is 1. The number of benzene rings is 1. The third-order valence-electron chi connectivity index (χ3n) is 4.29. The van der Waals surface area contributed by atoms with Crippen molar-refractivity contribution in [2.75, 3.05) is 25.3 Å². The summed E-state index contributed by atoms with van der Waals surface area (Å²) < 4.78 is 12.4. The third kappa shape index (κ3) is 3.39. The number of methoxy groups -OCH3 is 2. The Labute approximate surface area is 156 Å². The van der Waals surface area contributed by atoms with Crippen LogP contribution in [0.3, 0.4) is 0 Å². The summed E-state index contributed by atoms with van der Waals surface area (Å²) in [7, 11) is 3.24. The van der Waals surface area contributed by atoms with Crippen LogP contribution in [0.15, 0.2) is 23.0 Å². The number of carbonyl (C=O) groups is 1. The van der Waals surface area contributed by atoms with Crippen LogP contribution in [0.5, 0.6) is 5.75 Å². The van der Waals surface area contributed by atoms with Gasteiger partial charge in [-0.25, -0.2) is 0 Å². The van der Waals surface area contributed by atoms with Crippen LogP contribution in [0.25, 0.3) is 0 Å². The standard InChI is InChI=1S/C18H23N3O4S/c1-10(2)21-17-15(18(23)20-21)16(26-9-14(22)19-17)11-5-6-13(25-4)12(7-11)8-24-3/h5-7,10,16H,8-9H2,1-4H3,(H,19,22)(H,20,23)/t16-/m0/s1. The molecule has 0 bridgehead atoms. The van der Waals surface area contributed by atoms with Crippen LogP contribution in [-0.2, 0) is 16.1 Å². The minimum atomic E-state index is -0.255. The number of aromatic amines is 1. The third-order valence-corrected chi connectivity index (χ3v) is 5.56. The first-order chi connectivity index (χ1) is 12.5. The highest BCUT2D eigenvalue weighted by atomic mass is 32.2. The minimum absolute atomic E-state index is 0.0235. The average molecular weight is 377 g/mol. The number of H-pyrrole nitrogens is 1. The molecule has 1 aliphatic rings. The SMILES string of the molecule is COCc1cc([C@@H]2SCC(=O)Nc3c2c(=O)[nH]n3C(C)C)ccc1OC. The largest absolute Gasteiger partial charge is 0.496 e. The molecule has 0 spiro atoms. The summed E-state index contributed by atoms with van der Waals surface area (Å²) in [4.78, 5) is 24.9. The topological polar surface area (TPSA) is 85.4 Å². The molecule has 1 aromatic carbocycles. The van der Waals surface area contributed by atoms with E-state index in [1.165, 1.54) is 11.8 Å². The highest BCUT2D eigenvalue weighted by Crippen LogP contribution is 2.41. The van der Waals surface area contributed by atoms with Crippen LogP contribution in [-0.4, -0.2) is 35.7 Å². The summed E-state index contributed by atoms with van der Waals surface area (Å²) in [5.74, 6) is 1.45. The molecule has 0 saturated carbocycles. The lowest BCUT2D eigenvalue weighted by atomic mass is 10.0. The van der Waals surface area contributed by atoms with E-state index < -0.39 is 0 Å². The highest BCUT2D eigenvalue weighted by Gasteiger charge is 2.31. The molecule has 26 heavy (non-hydrogen) atoms. The second-order valence-electron chi connectivity index (χ2n) is 6.41. The van der Waals surface area contributed by atoms with Crippen molar-refractivity contribution in [2.24, 2.45) is 0 Å². The molecule has 2 heterocycles. The number of fused-ring (bicyclic) bond motifs is 1. The maximum absolute atomic E-state index is 12.7. The number of nitrogens with zero attached hydrogens (tertiary/aromatic N) is 1. The van der Waals surface area contributed by atoms with Gasteiger partial charge in [-0.05, 0) is 31.5 Å². The smallest absolute Gasteiger partial charge is 0.270 e. The number of carbonyl (C=O) groups excluding carboxylic acids is 1. The molecule has 7 nitrogen and oxygen atoms in total. The van der Waals surface area contributed by atoms with Crippen molar-refractivity contribution in [2.45, 2.75) is 31.7 Å². The fourth-order valence-corrected chi connectivity index (χ4v) is 4.24. The zero-order chi connectivity index (χ0) is 18.8. The normalized spacial score (nSPS) is 17.0. The van der Waals surface area contributed by atoms with E-state index in [1.807, 2.05) is 32.0 Å². The monoisotopic (exact) mass is 377 g/mol. The molecule has 0 saturated heterocycles. The Morgan fingerprint density at radius 2 is 2.08 bits per heavy atom. The number of hydrogen-bond donors (Lipinski definition) is 2. The Bertz CT molecular complexity index is 872. The number of ether oxygens (including phenoxy) is 2. The average Bonchev–Trinajstić information content (AvgIpc) is 2.82. The van der Waals surface area contributed by atoms with Crippen molar-refractivity contribution < 1.29 is 14.3 Å². The molecule has 0 radical (unpaired) electrons. The maximum atomic E-state index is 12.7. The van der Waals surface area contributed by atoms with Crippen LogP contribution in [0.1, 0.15) is 41.8 Å². The Morgan fingerprint density at radius 1 is 1.31 bits per heavy atom. The van der Waals surface area contributed by atoms with E-state index in [0.29, 0.717) is 18.0 Å². The lowest BCUT2D eigenvalue weighted by Crippen LogP contribution is -2.17. The van der Waals surface area contributed by atoms with E-state index in [0.717, 1.165) is 16.9 Å². The van der Waals surface area contributed by atoms with Crippen molar-refractivity contribution in [3.8, 4) is 5.75 Å². The zero-order valence-corrected chi connectivity index (χ0v) is 16.1. The maximum Gasteiger partial charge on any atom is 0.270 e. The van der Waals surface area contributed by atoms with Crippen molar-refractivity contribution in [1.82, 2.24) is 9.78 Å². The number of rotatable bonds is 5. The zero-order valence-electron chi connectivity index (χ0n) is 15.3. The molecule has 3 rings (SSSR count). The molecule has 0 fully saturated rings. The second kappa shape index (κ2) is 7.59. The quantitative estimate of drug-likeness (QED) is 0.837. The summed E-state index contributed by atoms with van der Waals surface area (Å²) in [6.45, 7) is 4.32. The Hall–Kier alpha value is -2.19. The predicted octanol–water partition coefficient (Wildman–Crippen LogP) is 2.69. The molecule has 1 aromatic heterocycles. The van der Waals surface area contributed by atoms with Gasteiger partial charge in [0.15, 0.2) is 0 Å². The molecule has 1 atom stereocenters. The van der Waals surface area contributed by atoms with Gasteiger partial charge in [0.05, 0.1) is 30.3 Å². The van der Waals surface area contributed by atoms with Crippen molar-refractivity contribution in [3.63, 3.8) is 0 Å². The van der Waals surface area contributed by atoms with E-state index in [-0.39, 0.29) is 28.5 Å². The Morgan fingerprint density at radius 3 is 2.73 bits per heavy atom. The number of anilines is 1. The van der Waals surface area contributed by atoms with E-state index >= 15 is 0 Å². The van der Waals surface area contributed by atoms with Crippen molar-refractivity contribution in [1.29, 1.82) is 0 Å². The summed E-state index contributed by atoms with van der Waals surface area (Å²) in [6, 6.07) is 5.81. The van der Waals surface area contributed by atoms with Gasteiger partial charge in [-0.3, -0.25) is 19.4 Å². The van der Waals surface area contributed by atoms with E-state index in [2.05, 4.69) is 10.4 Å². The first-order valence-corrected chi connectivity index (χ1v) is 9.42. The van der Waals surface area contributed by atoms with Crippen LogP contribution in [0.4, 0.5) is 5.82 Å². The Kier molecular flexibility index (Phi) is 5.43. The number of hydrogen-bond acceptors (Lipinski definition) is 5. The molecule has 1 amide bonds. The molecular weight excluding hydrogens is 354 g/mol. The molecule has 1 aliphatic heterocycles. The summed E-state index contributed by atoms with van der Waals surface area (Å²) in [6.07, 6.45) is 0. The number of aromatic nitrogens is 2. The first kappa shape index (κ1) is 18.6. The molecular formula is C18H23N3O4S. The molecule has 2 aromatic rings.